The molecule has 3 amide bonds. The average Bonchev–Trinajstić information content (AvgIpc) is 2.26. The molecule has 1 atom stereocenters. The van der Waals surface area contributed by atoms with Crippen LogP contribution < -0.4 is 10.6 Å². The van der Waals surface area contributed by atoms with Gasteiger partial charge >= 0.3 is 12.0 Å². The van der Waals surface area contributed by atoms with Crippen LogP contribution in [0.2, 0.25) is 0 Å². The Hall–Kier alpha value is -2.07. The minimum absolute atomic E-state index is 0.00856. The van der Waals surface area contributed by atoms with Crippen molar-refractivity contribution in [2.24, 2.45) is 0 Å². The number of carboxylic acids is 1. The summed E-state index contributed by atoms with van der Waals surface area (Å²) in [5.74, 6) is 0.551. The van der Waals surface area contributed by atoms with Crippen LogP contribution in [0.3, 0.4) is 0 Å². The smallest absolute Gasteiger partial charge is 0.321 e. The first-order chi connectivity index (χ1) is 7.92. The molecule has 0 aromatic carbocycles. The number of hydrogen-bond donors (Lipinski definition) is 3. The van der Waals surface area contributed by atoms with Gasteiger partial charge < -0.3 is 10.4 Å². The highest BCUT2D eigenvalue weighted by Crippen LogP contribution is 1.98. The normalized spacial score (nSPS) is 11.4. The van der Waals surface area contributed by atoms with Crippen LogP contribution in [-0.2, 0) is 9.59 Å². The van der Waals surface area contributed by atoms with Crippen molar-refractivity contribution < 1.29 is 19.5 Å². The maximum absolute atomic E-state index is 11.5. The van der Waals surface area contributed by atoms with Crippen molar-refractivity contribution in [3.05, 3.63) is 0 Å². The highest BCUT2D eigenvalue weighted by molar-refractivity contribution is 5.96. The van der Waals surface area contributed by atoms with Crippen molar-refractivity contribution >= 4 is 17.9 Å². The molecule has 0 saturated carbocycles. The predicted molar refractivity (Wildman–Crippen MR) is 60.1 cm³/mol. The monoisotopic (exact) mass is 241 g/mol. The summed E-state index contributed by atoms with van der Waals surface area (Å²) in [5.41, 5.74) is 0. The summed E-state index contributed by atoms with van der Waals surface area (Å²) in [6, 6.07) is -1.46. The van der Waals surface area contributed by atoms with Gasteiger partial charge in [0.15, 0.2) is 0 Å². The fourth-order valence-corrected chi connectivity index (χ4v) is 1.07. The lowest BCUT2D eigenvalue weighted by Crippen LogP contribution is -2.50. The third-order valence-corrected chi connectivity index (χ3v) is 2.02. The molecular formula is C10H15N3O4. The molecular weight excluding hydrogens is 226 g/mol. The Bertz CT molecular complexity index is 348. The second kappa shape index (κ2) is 7.24. The molecule has 7 nitrogen and oxygen atoms in total. The van der Waals surface area contributed by atoms with Gasteiger partial charge in [0.2, 0.25) is 5.91 Å². The minimum atomic E-state index is -1.10. The second-order valence-electron chi connectivity index (χ2n) is 3.25. The van der Waals surface area contributed by atoms with Gasteiger partial charge in [-0.2, -0.15) is 0 Å². The number of aliphatic carboxylic acids is 1. The molecule has 0 aliphatic carbocycles. The fourth-order valence-electron chi connectivity index (χ4n) is 1.07. The van der Waals surface area contributed by atoms with Crippen molar-refractivity contribution in [2.45, 2.75) is 13.0 Å². The molecule has 0 rings (SSSR count). The quantitative estimate of drug-likeness (QED) is 0.528. The zero-order chi connectivity index (χ0) is 13.4. The van der Waals surface area contributed by atoms with Crippen molar-refractivity contribution in [2.75, 3.05) is 20.1 Å². The van der Waals surface area contributed by atoms with Crippen LogP contribution >= 0.6 is 0 Å². The summed E-state index contributed by atoms with van der Waals surface area (Å²) in [6.45, 7) is 1.11. The lowest BCUT2D eigenvalue weighted by Gasteiger charge is -2.23. The van der Waals surface area contributed by atoms with Gasteiger partial charge in [0.25, 0.3) is 0 Å². The molecule has 1 unspecified atom stereocenters. The maximum Gasteiger partial charge on any atom is 0.321 e. The Morgan fingerprint density at radius 3 is 2.47 bits per heavy atom. The number of urea groups is 1. The summed E-state index contributed by atoms with van der Waals surface area (Å²) in [6.07, 6.45) is 5.07. The molecule has 0 aromatic heterocycles. The Balaban J connectivity index is 4.54. The Labute approximate surface area is 99.2 Å². The molecule has 0 fully saturated rings. The van der Waals surface area contributed by atoms with E-state index in [9.17, 15) is 14.4 Å². The summed E-state index contributed by atoms with van der Waals surface area (Å²) in [4.78, 5) is 34.3. The van der Waals surface area contributed by atoms with E-state index in [1.807, 2.05) is 5.32 Å². The molecule has 0 spiro atoms. The summed E-state index contributed by atoms with van der Waals surface area (Å²) in [7, 11) is 1.36. The van der Waals surface area contributed by atoms with Gasteiger partial charge in [0.05, 0.1) is 19.1 Å². The second-order valence-corrected chi connectivity index (χ2v) is 3.25. The fraction of sp³-hybridized carbons (Fsp3) is 0.500. The first-order valence-corrected chi connectivity index (χ1v) is 4.84. The Morgan fingerprint density at radius 1 is 1.47 bits per heavy atom. The first kappa shape index (κ1) is 14.9. The lowest BCUT2D eigenvalue weighted by atomic mass is 10.2. The zero-order valence-electron chi connectivity index (χ0n) is 9.69. The SMILES string of the molecule is C#CCN(CC(=O)O)C(C)C(=O)NC(=O)NC. The molecule has 94 valence electrons. The number of amides is 3. The highest BCUT2D eigenvalue weighted by Gasteiger charge is 2.23. The van der Waals surface area contributed by atoms with E-state index in [2.05, 4.69) is 11.2 Å². The predicted octanol–water partition coefficient (Wildman–Crippen LogP) is -1.15. The van der Waals surface area contributed by atoms with Crippen molar-refractivity contribution in [3.63, 3.8) is 0 Å². The van der Waals surface area contributed by atoms with Crippen molar-refractivity contribution in [3.8, 4) is 12.3 Å². The highest BCUT2D eigenvalue weighted by atomic mass is 16.4. The van der Waals surface area contributed by atoms with Gasteiger partial charge in [-0.05, 0) is 6.92 Å². The van der Waals surface area contributed by atoms with Gasteiger partial charge in [0, 0.05) is 7.05 Å². The average molecular weight is 241 g/mol. The van der Waals surface area contributed by atoms with E-state index in [0.717, 1.165) is 0 Å². The molecule has 3 N–H and O–H groups in total. The Kier molecular flexibility index (Phi) is 6.36. The number of nitrogens with zero attached hydrogens (tertiary/aromatic N) is 1. The van der Waals surface area contributed by atoms with Gasteiger partial charge in [-0.3, -0.25) is 19.8 Å². The summed E-state index contributed by atoms with van der Waals surface area (Å²) < 4.78 is 0. The molecule has 17 heavy (non-hydrogen) atoms. The number of hydrogen-bond acceptors (Lipinski definition) is 4. The van der Waals surface area contributed by atoms with Gasteiger partial charge in [-0.1, -0.05) is 5.92 Å². The molecule has 7 heteroatoms. The lowest BCUT2D eigenvalue weighted by molar-refractivity contribution is -0.139. The summed E-state index contributed by atoms with van der Waals surface area (Å²) in [5, 5.41) is 12.9. The molecule has 0 aliphatic rings. The number of terminal acetylenes is 1. The van der Waals surface area contributed by atoms with E-state index in [1.165, 1.54) is 18.9 Å². The van der Waals surface area contributed by atoms with E-state index in [0.29, 0.717) is 0 Å². The van der Waals surface area contributed by atoms with Crippen LogP contribution in [0, 0.1) is 12.3 Å². The van der Waals surface area contributed by atoms with E-state index in [1.54, 1.807) is 0 Å². The molecule has 0 aliphatic heterocycles. The number of carbonyl (C=O) groups excluding carboxylic acids is 2. The minimum Gasteiger partial charge on any atom is -0.480 e. The van der Waals surface area contributed by atoms with Crippen LogP contribution in [0.15, 0.2) is 0 Å². The van der Waals surface area contributed by atoms with Gasteiger partial charge in [-0.15, -0.1) is 6.42 Å². The molecule has 0 saturated heterocycles. The van der Waals surface area contributed by atoms with Crippen molar-refractivity contribution in [1.29, 1.82) is 0 Å². The number of rotatable bonds is 5. The van der Waals surface area contributed by atoms with Gasteiger partial charge in [-0.25, -0.2) is 4.79 Å². The molecule has 0 aromatic rings. The van der Waals surface area contributed by atoms with Crippen LogP contribution in [0.25, 0.3) is 0 Å². The van der Waals surface area contributed by atoms with E-state index >= 15 is 0 Å². The van der Waals surface area contributed by atoms with E-state index < -0.39 is 23.9 Å². The van der Waals surface area contributed by atoms with Crippen LogP contribution in [0.1, 0.15) is 6.92 Å². The summed E-state index contributed by atoms with van der Waals surface area (Å²) >= 11 is 0. The standard InChI is InChI=1S/C10H15N3O4/c1-4-5-13(6-8(14)15)7(2)9(16)12-10(17)11-3/h1,7H,5-6H2,2-3H3,(H,14,15)(H2,11,12,16,17). The largest absolute Gasteiger partial charge is 0.480 e. The molecule has 0 radical (unpaired) electrons. The molecule has 0 heterocycles. The van der Waals surface area contributed by atoms with Crippen LogP contribution in [-0.4, -0.2) is 54.1 Å². The van der Waals surface area contributed by atoms with Crippen LogP contribution in [0.5, 0.6) is 0 Å². The first-order valence-electron chi connectivity index (χ1n) is 4.84. The third-order valence-electron chi connectivity index (χ3n) is 2.02. The maximum atomic E-state index is 11.5. The topological polar surface area (TPSA) is 98.7 Å². The third kappa shape index (κ3) is 5.53. The van der Waals surface area contributed by atoms with E-state index in [4.69, 9.17) is 11.5 Å². The van der Waals surface area contributed by atoms with E-state index in [-0.39, 0.29) is 13.1 Å². The van der Waals surface area contributed by atoms with Crippen molar-refractivity contribution in [1.82, 2.24) is 15.5 Å². The van der Waals surface area contributed by atoms with Crippen LogP contribution in [0.4, 0.5) is 4.79 Å². The Morgan fingerprint density at radius 2 is 2.06 bits per heavy atom. The number of carbonyl (C=O) groups is 3. The number of carboxylic acid groups (broad SMARTS) is 1. The number of nitrogens with one attached hydrogen (secondary N) is 2. The zero-order valence-corrected chi connectivity index (χ0v) is 9.69. The number of imide groups is 1. The molecule has 0 bridgehead atoms. The van der Waals surface area contributed by atoms with Gasteiger partial charge in [0.1, 0.15) is 0 Å².